The zero-order chi connectivity index (χ0) is 20.1. The minimum atomic E-state index is -1.73. The van der Waals surface area contributed by atoms with Crippen LogP contribution in [-0.2, 0) is 14.4 Å². The van der Waals surface area contributed by atoms with E-state index in [-0.39, 0.29) is 9.23 Å². The molecule has 1 heterocycles. The highest BCUT2D eigenvalue weighted by atomic mass is 32.2. The number of thioether (sulfide) groups is 1. The van der Waals surface area contributed by atoms with E-state index in [2.05, 4.69) is 0 Å². The van der Waals surface area contributed by atoms with E-state index in [1.165, 1.54) is 13.2 Å². The van der Waals surface area contributed by atoms with Crippen molar-refractivity contribution in [2.45, 2.75) is 19.4 Å². The molecule has 1 aliphatic rings. The summed E-state index contributed by atoms with van der Waals surface area (Å²) in [5.74, 6) is -3.06. The molecule has 1 aromatic carbocycles. The second-order valence-electron chi connectivity index (χ2n) is 5.31. The Morgan fingerprint density at radius 2 is 2.04 bits per heavy atom. The maximum atomic E-state index is 12.6. The minimum Gasteiger partial charge on any atom is -0.550 e. The number of rotatable bonds is 8. The van der Waals surface area contributed by atoms with Crippen LogP contribution in [-0.4, -0.2) is 46.8 Å². The molecule has 27 heavy (non-hydrogen) atoms. The van der Waals surface area contributed by atoms with E-state index in [4.69, 9.17) is 21.7 Å². The van der Waals surface area contributed by atoms with E-state index in [9.17, 15) is 24.6 Å². The Hall–Kier alpha value is -2.59. The van der Waals surface area contributed by atoms with E-state index < -0.39 is 30.3 Å². The summed E-state index contributed by atoms with van der Waals surface area (Å²) in [6.07, 6.45) is 0.585. The number of benzene rings is 1. The molecule has 1 aliphatic heterocycles. The van der Waals surface area contributed by atoms with Crippen LogP contribution in [0, 0.1) is 0 Å². The summed E-state index contributed by atoms with van der Waals surface area (Å²) < 4.78 is 10.6. The first-order chi connectivity index (χ1) is 12.8. The summed E-state index contributed by atoms with van der Waals surface area (Å²) in [4.78, 5) is 35.5. The summed E-state index contributed by atoms with van der Waals surface area (Å²) >= 11 is 5.91. The molecule has 1 saturated heterocycles. The van der Waals surface area contributed by atoms with Crippen molar-refractivity contribution in [3.8, 4) is 11.5 Å². The van der Waals surface area contributed by atoms with Crippen LogP contribution in [0.3, 0.4) is 0 Å². The number of carboxylic acids is 2. The van der Waals surface area contributed by atoms with E-state index in [0.717, 1.165) is 16.7 Å². The molecule has 1 fully saturated rings. The zero-order valence-electron chi connectivity index (χ0n) is 14.4. The third-order valence-corrected chi connectivity index (χ3v) is 4.88. The monoisotopic (exact) mass is 409 g/mol. The molecule has 0 aliphatic carbocycles. The van der Waals surface area contributed by atoms with Gasteiger partial charge in [-0.05, 0) is 30.7 Å². The van der Waals surface area contributed by atoms with Gasteiger partial charge in [-0.1, -0.05) is 30.0 Å². The molecule has 0 aromatic heterocycles. The molecule has 10 heteroatoms. The fraction of sp³-hybridized carbons (Fsp3) is 0.294. The first-order valence-corrected chi connectivity index (χ1v) is 8.99. The SMILES string of the molecule is CCOc1ccc(/C=C2\SC(=S)N([C@H](CC(=O)[O-])C(=O)[O-])C2=O)cc1OC. The average Bonchev–Trinajstić information content (AvgIpc) is 2.87. The number of carboxylic acid groups (broad SMARTS) is 2. The number of amides is 1. The number of nitrogens with zero attached hydrogens (tertiary/aromatic N) is 1. The van der Waals surface area contributed by atoms with E-state index in [1.54, 1.807) is 18.2 Å². The number of methoxy groups -OCH3 is 1. The van der Waals surface area contributed by atoms with Gasteiger partial charge in [0.2, 0.25) is 0 Å². The van der Waals surface area contributed by atoms with Crippen molar-refractivity contribution in [3.05, 3.63) is 28.7 Å². The molecule has 1 atom stereocenters. The van der Waals surface area contributed by atoms with Crippen LogP contribution in [0.2, 0.25) is 0 Å². The largest absolute Gasteiger partial charge is 0.550 e. The van der Waals surface area contributed by atoms with Gasteiger partial charge in [-0.3, -0.25) is 9.69 Å². The van der Waals surface area contributed by atoms with Gasteiger partial charge in [-0.2, -0.15) is 0 Å². The molecular weight excluding hydrogens is 394 g/mol. The highest BCUT2D eigenvalue weighted by Gasteiger charge is 2.37. The molecule has 8 nitrogen and oxygen atoms in total. The van der Waals surface area contributed by atoms with Crippen LogP contribution in [0.15, 0.2) is 23.1 Å². The van der Waals surface area contributed by atoms with Gasteiger partial charge in [0.05, 0.1) is 30.6 Å². The summed E-state index contributed by atoms with van der Waals surface area (Å²) in [7, 11) is 1.48. The van der Waals surface area contributed by atoms with E-state index in [1.807, 2.05) is 6.92 Å². The Morgan fingerprint density at radius 1 is 1.33 bits per heavy atom. The smallest absolute Gasteiger partial charge is 0.266 e. The first-order valence-electron chi connectivity index (χ1n) is 7.77. The quantitative estimate of drug-likeness (QED) is 0.415. The number of carbonyl (C=O) groups excluding carboxylic acids is 3. The maximum Gasteiger partial charge on any atom is 0.266 e. The Balaban J connectivity index is 2.32. The van der Waals surface area contributed by atoms with Crippen LogP contribution < -0.4 is 19.7 Å². The second-order valence-corrected chi connectivity index (χ2v) is 6.98. The number of hydrogen-bond donors (Lipinski definition) is 0. The molecule has 0 spiro atoms. The van der Waals surface area contributed by atoms with Crippen LogP contribution in [0.1, 0.15) is 18.9 Å². The van der Waals surface area contributed by atoms with Crippen LogP contribution in [0.25, 0.3) is 6.08 Å². The minimum absolute atomic E-state index is 0.0698. The fourth-order valence-electron chi connectivity index (χ4n) is 2.39. The van der Waals surface area contributed by atoms with Gasteiger partial charge in [0.15, 0.2) is 11.5 Å². The van der Waals surface area contributed by atoms with Gasteiger partial charge in [-0.25, -0.2) is 0 Å². The highest BCUT2D eigenvalue weighted by Crippen LogP contribution is 2.36. The molecule has 1 amide bonds. The maximum absolute atomic E-state index is 12.6. The molecule has 2 rings (SSSR count). The summed E-state index contributed by atoms with van der Waals surface area (Å²) in [6, 6.07) is 3.28. The van der Waals surface area contributed by atoms with Crippen LogP contribution in [0.4, 0.5) is 0 Å². The lowest BCUT2D eigenvalue weighted by Crippen LogP contribution is -2.52. The average molecular weight is 409 g/mol. The lowest BCUT2D eigenvalue weighted by atomic mass is 10.1. The lowest BCUT2D eigenvalue weighted by molar-refractivity contribution is -0.319. The Morgan fingerprint density at radius 3 is 2.59 bits per heavy atom. The molecule has 0 N–H and O–H groups in total. The highest BCUT2D eigenvalue weighted by molar-refractivity contribution is 8.26. The third kappa shape index (κ3) is 4.77. The van der Waals surface area contributed by atoms with Crippen molar-refractivity contribution in [1.82, 2.24) is 4.90 Å². The van der Waals surface area contributed by atoms with Crippen LogP contribution in [0.5, 0.6) is 11.5 Å². The van der Waals surface area contributed by atoms with Crippen molar-refractivity contribution in [3.63, 3.8) is 0 Å². The van der Waals surface area contributed by atoms with E-state index >= 15 is 0 Å². The number of hydrogen-bond acceptors (Lipinski definition) is 9. The van der Waals surface area contributed by atoms with Gasteiger partial charge in [0, 0.05) is 12.4 Å². The van der Waals surface area contributed by atoms with Crippen molar-refractivity contribution in [2.24, 2.45) is 0 Å². The third-order valence-electron chi connectivity index (χ3n) is 3.55. The predicted octanol–water partition coefficient (Wildman–Crippen LogP) is -0.446. The topological polar surface area (TPSA) is 119 Å². The van der Waals surface area contributed by atoms with Crippen LogP contribution >= 0.6 is 24.0 Å². The first kappa shape index (κ1) is 20.7. The molecule has 0 unspecified atom stereocenters. The van der Waals surface area contributed by atoms with Gasteiger partial charge in [0.25, 0.3) is 5.91 Å². The summed E-state index contributed by atoms with van der Waals surface area (Å²) in [5.41, 5.74) is 0.598. The molecular formula is C17H15NO7S2-2. The predicted molar refractivity (Wildman–Crippen MR) is 97.6 cm³/mol. The lowest BCUT2D eigenvalue weighted by Gasteiger charge is -2.27. The van der Waals surface area contributed by atoms with Crippen molar-refractivity contribution in [2.75, 3.05) is 13.7 Å². The van der Waals surface area contributed by atoms with Gasteiger partial charge >= 0.3 is 0 Å². The number of thiocarbonyl (C=S) groups is 1. The molecule has 0 radical (unpaired) electrons. The normalized spacial score (nSPS) is 16.5. The Labute approximate surface area is 164 Å². The molecule has 144 valence electrons. The van der Waals surface area contributed by atoms with Crippen molar-refractivity contribution >= 4 is 52.2 Å². The zero-order valence-corrected chi connectivity index (χ0v) is 16.1. The van der Waals surface area contributed by atoms with Gasteiger partial charge in [0.1, 0.15) is 4.32 Å². The van der Waals surface area contributed by atoms with Gasteiger partial charge in [-0.15, -0.1) is 0 Å². The number of carbonyl (C=O) groups is 3. The van der Waals surface area contributed by atoms with Gasteiger partial charge < -0.3 is 29.3 Å². The number of aliphatic carboxylic acids is 2. The molecule has 1 aromatic rings. The number of ether oxygens (including phenoxy) is 2. The fourth-order valence-corrected chi connectivity index (χ4v) is 3.74. The summed E-state index contributed by atoms with van der Waals surface area (Å²) in [5, 5.41) is 22.0. The molecule has 0 bridgehead atoms. The molecule has 0 saturated carbocycles. The van der Waals surface area contributed by atoms with Crippen molar-refractivity contribution < 1.29 is 34.1 Å². The van der Waals surface area contributed by atoms with E-state index in [0.29, 0.717) is 23.7 Å². The van der Waals surface area contributed by atoms with Crippen molar-refractivity contribution in [1.29, 1.82) is 0 Å². The summed E-state index contributed by atoms with van der Waals surface area (Å²) in [6.45, 7) is 2.29. The Kier molecular flexibility index (Phi) is 6.81. The Bertz CT molecular complexity index is 821. The standard InChI is InChI=1S/C17H17NO7S2/c1-3-25-11-5-4-9(6-12(11)24-2)7-13-15(21)18(17(26)27-13)10(16(22)23)8-14(19)20/h4-7,10H,3,8H2,1-2H3,(H,19,20)(H,22,23)/p-2/b13-7-/t10-/m1/s1. The second kappa shape index (κ2) is 8.87.